The predicted octanol–water partition coefficient (Wildman–Crippen LogP) is 3.04. The Labute approximate surface area is 105 Å². The molecule has 0 unspecified atom stereocenters. The number of carbonyl (C=O) groups excluding carboxylic acids is 1. The van der Waals surface area contributed by atoms with Crippen molar-refractivity contribution in [3.8, 4) is 0 Å². The summed E-state index contributed by atoms with van der Waals surface area (Å²) in [5, 5.41) is 5.16. The average Bonchev–Trinajstić information content (AvgIpc) is 2.75. The molecule has 1 fully saturated rings. The molecule has 0 aliphatic carbocycles. The number of cyclic esters (lactones) is 1. The van der Waals surface area contributed by atoms with Gasteiger partial charge in [-0.3, -0.25) is 0 Å². The van der Waals surface area contributed by atoms with Crippen LogP contribution in [-0.2, 0) is 4.74 Å². The molecule has 2 aromatic carbocycles. The normalized spacial score (nSPS) is 18.4. The summed E-state index contributed by atoms with van der Waals surface area (Å²) in [6, 6.07) is 14.3. The first-order chi connectivity index (χ1) is 7.83. The highest BCUT2D eigenvalue weighted by molar-refractivity contribution is 5.85. The van der Waals surface area contributed by atoms with Gasteiger partial charge >= 0.3 is 6.09 Å². The predicted molar refractivity (Wildman–Crippen MR) is 68.4 cm³/mol. The zero-order chi connectivity index (χ0) is 11.0. The lowest BCUT2D eigenvalue weighted by atomic mass is 10.0. The van der Waals surface area contributed by atoms with Gasteiger partial charge in [0.25, 0.3) is 0 Å². The van der Waals surface area contributed by atoms with Crippen LogP contribution < -0.4 is 5.32 Å². The van der Waals surface area contributed by atoms with E-state index in [-0.39, 0.29) is 24.5 Å². The molecule has 2 aromatic rings. The third kappa shape index (κ3) is 2.19. The SMILES string of the molecule is Cl.O=C1N[C@@H](c2ccc3ccccc3c2)CO1. The number of halogens is 1. The number of nitrogens with one attached hydrogen (secondary N) is 1. The van der Waals surface area contributed by atoms with Gasteiger partial charge in [-0.25, -0.2) is 4.79 Å². The Kier molecular flexibility index (Phi) is 3.20. The van der Waals surface area contributed by atoms with E-state index >= 15 is 0 Å². The maximum Gasteiger partial charge on any atom is 0.407 e. The van der Waals surface area contributed by atoms with Crippen molar-refractivity contribution in [1.82, 2.24) is 5.32 Å². The van der Waals surface area contributed by atoms with Crippen LogP contribution in [0.2, 0.25) is 0 Å². The molecule has 1 saturated heterocycles. The minimum Gasteiger partial charge on any atom is -0.447 e. The molecular formula is C13H12ClNO2. The largest absolute Gasteiger partial charge is 0.447 e. The van der Waals surface area contributed by atoms with Crippen LogP contribution in [0.1, 0.15) is 11.6 Å². The molecule has 0 radical (unpaired) electrons. The van der Waals surface area contributed by atoms with Gasteiger partial charge in [-0.15, -0.1) is 12.4 Å². The van der Waals surface area contributed by atoms with Gasteiger partial charge in [-0.2, -0.15) is 0 Å². The molecule has 17 heavy (non-hydrogen) atoms. The zero-order valence-corrected chi connectivity index (χ0v) is 9.87. The van der Waals surface area contributed by atoms with Gasteiger partial charge in [-0.1, -0.05) is 36.4 Å². The van der Waals surface area contributed by atoms with Crippen LogP contribution >= 0.6 is 12.4 Å². The van der Waals surface area contributed by atoms with E-state index in [1.165, 1.54) is 10.8 Å². The monoisotopic (exact) mass is 249 g/mol. The minimum absolute atomic E-state index is 0. The number of alkyl carbamates (subject to hydrolysis) is 1. The maximum atomic E-state index is 11.0. The van der Waals surface area contributed by atoms with E-state index in [9.17, 15) is 4.79 Å². The molecular weight excluding hydrogens is 238 g/mol. The van der Waals surface area contributed by atoms with Gasteiger partial charge in [0, 0.05) is 0 Å². The lowest BCUT2D eigenvalue weighted by molar-refractivity contribution is 0.177. The zero-order valence-electron chi connectivity index (χ0n) is 9.05. The Balaban J connectivity index is 0.00000108. The summed E-state index contributed by atoms with van der Waals surface area (Å²) in [5.74, 6) is 0. The number of amides is 1. The number of benzene rings is 2. The molecule has 4 heteroatoms. The summed E-state index contributed by atoms with van der Waals surface area (Å²) in [6.45, 7) is 0.414. The summed E-state index contributed by atoms with van der Waals surface area (Å²) in [6.07, 6.45) is -0.335. The number of ether oxygens (including phenoxy) is 1. The van der Waals surface area contributed by atoms with Crippen LogP contribution in [0.15, 0.2) is 42.5 Å². The summed E-state index contributed by atoms with van der Waals surface area (Å²) in [7, 11) is 0. The molecule has 0 aromatic heterocycles. The van der Waals surface area contributed by atoms with Gasteiger partial charge in [-0.05, 0) is 22.4 Å². The second-order valence-electron chi connectivity index (χ2n) is 3.90. The molecule has 0 saturated carbocycles. The highest BCUT2D eigenvalue weighted by Crippen LogP contribution is 2.22. The van der Waals surface area contributed by atoms with Crippen molar-refractivity contribution in [2.75, 3.05) is 6.61 Å². The van der Waals surface area contributed by atoms with Gasteiger partial charge in [0.15, 0.2) is 0 Å². The average molecular weight is 250 g/mol. The molecule has 1 aliphatic heterocycles. The second-order valence-corrected chi connectivity index (χ2v) is 3.90. The Morgan fingerprint density at radius 1 is 1.12 bits per heavy atom. The van der Waals surface area contributed by atoms with E-state index < -0.39 is 0 Å². The Bertz CT molecular complexity index is 556. The molecule has 1 N–H and O–H groups in total. The topological polar surface area (TPSA) is 38.3 Å². The van der Waals surface area contributed by atoms with Crippen LogP contribution in [0.3, 0.4) is 0 Å². The van der Waals surface area contributed by atoms with Crippen LogP contribution in [0, 0.1) is 0 Å². The van der Waals surface area contributed by atoms with E-state index in [0.29, 0.717) is 6.61 Å². The number of rotatable bonds is 1. The summed E-state index contributed by atoms with van der Waals surface area (Å²) in [5.41, 5.74) is 1.09. The van der Waals surface area contributed by atoms with Crippen molar-refractivity contribution in [3.05, 3.63) is 48.0 Å². The summed E-state index contributed by atoms with van der Waals surface area (Å²) < 4.78 is 4.88. The van der Waals surface area contributed by atoms with Gasteiger partial charge in [0.2, 0.25) is 0 Å². The molecule has 1 amide bonds. The number of carbonyl (C=O) groups is 1. The van der Waals surface area contributed by atoms with Crippen LogP contribution in [-0.4, -0.2) is 12.7 Å². The Morgan fingerprint density at radius 2 is 1.88 bits per heavy atom. The molecule has 88 valence electrons. The van der Waals surface area contributed by atoms with E-state index in [4.69, 9.17) is 4.74 Å². The first kappa shape index (κ1) is 11.7. The van der Waals surface area contributed by atoms with Crippen molar-refractivity contribution in [2.45, 2.75) is 6.04 Å². The fraction of sp³-hybridized carbons (Fsp3) is 0.154. The van der Waals surface area contributed by atoms with E-state index in [0.717, 1.165) is 5.56 Å². The van der Waals surface area contributed by atoms with Gasteiger partial charge in [0.1, 0.15) is 6.61 Å². The van der Waals surface area contributed by atoms with Gasteiger partial charge < -0.3 is 10.1 Å². The fourth-order valence-electron chi connectivity index (χ4n) is 1.99. The van der Waals surface area contributed by atoms with E-state index in [2.05, 4.69) is 29.6 Å². The van der Waals surface area contributed by atoms with Crippen molar-refractivity contribution in [2.24, 2.45) is 0 Å². The van der Waals surface area contributed by atoms with Crippen LogP contribution in [0.5, 0.6) is 0 Å². The molecule has 3 rings (SSSR count). The Hall–Kier alpha value is -1.74. The molecule has 1 atom stereocenters. The third-order valence-corrected chi connectivity index (χ3v) is 2.85. The first-order valence-corrected chi connectivity index (χ1v) is 5.25. The molecule has 0 spiro atoms. The van der Waals surface area contributed by atoms with E-state index in [1.54, 1.807) is 0 Å². The first-order valence-electron chi connectivity index (χ1n) is 5.25. The minimum atomic E-state index is -0.335. The smallest absolute Gasteiger partial charge is 0.407 e. The highest BCUT2D eigenvalue weighted by atomic mass is 35.5. The number of fused-ring (bicyclic) bond motifs is 1. The maximum absolute atomic E-state index is 11.0. The molecule has 3 nitrogen and oxygen atoms in total. The number of hydrogen-bond acceptors (Lipinski definition) is 2. The fourth-order valence-corrected chi connectivity index (χ4v) is 1.99. The highest BCUT2D eigenvalue weighted by Gasteiger charge is 2.23. The van der Waals surface area contributed by atoms with Crippen molar-refractivity contribution in [3.63, 3.8) is 0 Å². The molecule has 1 heterocycles. The quantitative estimate of drug-likeness (QED) is 0.844. The van der Waals surface area contributed by atoms with Crippen molar-refractivity contribution < 1.29 is 9.53 Å². The second kappa shape index (κ2) is 4.63. The standard InChI is InChI=1S/C13H11NO2.ClH/c15-13-14-12(8-16-13)11-6-5-9-3-1-2-4-10(9)7-11;/h1-7,12H,8H2,(H,14,15);1H/t12-;/m1./s1. The molecule has 1 aliphatic rings. The lowest BCUT2D eigenvalue weighted by Gasteiger charge is -2.08. The summed E-state index contributed by atoms with van der Waals surface area (Å²) in [4.78, 5) is 11.0. The third-order valence-electron chi connectivity index (χ3n) is 2.85. The number of hydrogen-bond donors (Lipinski definition) is 1. The lowest BCUT2D eigenvalue weighted by Crippen LogP contribution is -2.18. The van der Waals surface area contributed by atoms with Crippen LogP contribution in [0.25, 0.3) is 10.8 Å². The van der Waals surface area contributed by atoms with Crippen molar-refractivity contribution in [1.29, 1.82) is 0 Å². The van der Waals surface area contributed by atoms with Crippen LogP contribution in [0.4, 0.5) is 4.79 Å². The Morgan fingerprint density at radius 3 is 2.59 bits per heavy atom. The van der Waals surface area contributed by atoms with Gasteiger partial charge in [0.05, 0.1) is 6.04 Å². The molecule has 0 bridgehead atoms. The summed E-state index contributed by atoms with van der Waals surface area (Å²) >= 11 is 0. The van der Waals surface area contributed by atoms with Crippen molar-refractivity contribution >= 4 is 29.3 Å². The van der Waals surface area contributed by atoms with E-state index in [1.807, 2.05) is 18.2 Å².